The number of aromatic nitrogens is 2. The SMILES string of the molecule is Cn1[c](=[Pt])n(C)c2ccccc21.IN(I)C1CCCCC1. The monoisotopic (exact) mass is 692 g/mol. The predicted octanol–water partition coefficient (Wildman–Crippen LogP) is 4.92. The van der Waals surface area contributed by atoms with Crippen LogP contribution in [0.4, 0.5) is 0 Å². The van der Waals surface area contributed by atoms with E-state index in [1.54, 1.807) is 0 Å². The molecule has 3 rings (SSSR count). The van der Waals surface area contributed by atoms with E-state index in [0.717, 1.165) is 6.04 Å². The maximum Gasteiger partial charge on any atom is 0.0311 e. The molecule has 120 valence electrons. The summed E-state index contributed by atoms with van der Waals surface area (Å²) in [7, 11) is 4.18. The summed E-state index contributed by atoms with van der Waals surface area (Å²) >= 11 is 7.09. The van der Waals surface area contributed by atoms with Crippen molar-refractivity contribution in [3.8, 4) is 0 Å². The van der Waals surface area contributed by atoms with Gasteiger partial charge in [0.2, 0.25) is 0 Å². The summed E-state index contributed by atoms with van der Waals surface area (Å²) < 4.78 is 7.93. The maximum atomic E-state index is 2.38. The third kappa shape index (κ3) is 4.64. The quantitative estimate of drug-likeness (QED) is 0.306. The number of para-hydroxylation sites is 2. The Bertz CT molecular complexity index is 600. The van der Waals surface area contributed by atoms with E-state index in [1.807, 2.05) is 0 Å². The van der Waals surface area contributed by atoms with Gasteiger partial charge >= 0.3 is 81.7 Å². The number of benzene rings is 1. The van der Waals surface area contributed by atoms with Crippen molar-refractivity contribution in [2.45, 2.75) is 38.1 Å². The molecule has 1 fully saturated rings. The number of hydrogen-bond donors (Lipinski definition) is 0. The summed E-state index contributed by atoms with van der Waals surface area (Å²) in [5.41, 5.74) is 2.56. The van der Waals surface area contributed by atoms with Gasteiger partial charge in [-0.1, -0.05) is 19.3 Å². The fourth-order valence-electron chi connectivity index (χ4n) is 2.72. The van der Waals surface area contributed by atoms with Gasteiger partial charge in [0.1, 0.15) is 0 Å². The van der Waals surface area contributed by atoms with Crippen molar-refractivity contribution in [3.05, 3.63) is 28.1 Å². The molecule has 1 heterocycles. The Morgan fingerprint density at radius 2 is 1.48 bits per heavy atom. The van der Waals surface area contributed by atoms with E-state index in [1.165, 1.54) is 46.9 Å². The second-order valence-corrected chi connectivity index (χ2v) is 10.3. The standard InChI is InChI=1S/C9H10N2.C6H11I2N.Pt/c1-10-7-11(2)9-6-4-3-5-8(9)10;7-9(8)6-4-2-1-3-5-6;/h3-6H,1-2H3;6H,1-5H2;. The average molecular weight is 692 g/mol. The zero-order valence-electron chi connectivity index (χ0n) is 12.3. The minimum absolute atomic E-state index is 0.861. The molecule has 1 aliphatic carbocycles. The van der Waals surface area contributed by atoms with Crippen molar-refractivity contribution >= 4 is 56.8 Å². The first-order chi connectivity index (χ1) is 10.0. The first kappa shape index (κ1) is 18.1. The molecule has 6 heteroatoms. The van der Waals surface area contributed by atoms with Crippen molar-refractivity contribution in [2.24, 2.45) is 14.1 Å². The molecular formula is C15H21I2N3Pt. The fraction of sp³-hybridized carbons (Fsp3) is 0.533. The Balaban J connectivity index is 0.000000161. The van der Waals surface area contributed by atoms with Gasteiger partial charge in [0.25, 0.3) is 0 Å². The van der Waals surface area contributed by atoms with Gasteiger partial charge < -0.3 is 0 Å². The smallest absolute Gasteiger partial charge is 0.0311 e. The van der Waals surface area contributed by atoms with Crippen LogP contribution in [0.3, 0.4) is 0 Å². The van der Waals surface area contributed by atoms with E-state index < -0.39 is 0 Å². The Morgan fingerprint density at radius 3 is 1.86 bits per heavy atom. The summed E-state index contributed by atoms with van der Waals surface area (Å²) in [6.07, 6.45) is 7.15. The largest absolute Gasteiger partial charge is 0.185 e. The number of rotatable bonds is 1. The molecule has 1 aromatic carbocycles. The van der Waals surface area contributed by atoms with Crippen molar-refractivity contribution in [2.75, 3.05) is 0 Å². The molecule has 0 aliphatic heterocycles. The first-order valence-electron chi connectivity index (χ1n) is 7.19. The molecule has 1 saturated carbocycles. The first-order valence-corrected chi connectivity index (χ1v) is 10.3. The molecule has 3 nitrogen and oxygen atoms in total. The molecule has 0 atom stereocenters. The van der Waals surface area contributed by atoms with E-state index in [-0.39, 0.29) is 0 Å². The van der Waals surface area contributed by atoms with Crippen LogP contribution >= 0.6 is 45.7 Å². The van der Waals surface area contributed by atoms with Gasteiger partial charge in [-0.25, -0.2) is 0 Å². The third-order valence-electron chi connectivity index (χ3n) is 3.97. The Labute approximate surface area is 165 Å². The van der Waals surface area contributed by atoms with E-state index >= 15 is 0 Å². The Morgan fingerprint density at radius 1 is 1.00 bits per heavy atom. The summed E-state index contributed by atoms with van der Waals surface area (Å²) in [5.74, 6) is 0. The molecule has 1 aliphatic rings. The van der Waals surface area contributed by atoms with Crippen LogP contribution in [-0.4, -0.2) is 16.5 Å². The van der Waals surface area contributed by atoms with E-state index in [4.69, 9.17) is 0 Å². The van der Waals surface area contributed by atoms with Crippen LogP contribution in [0, 0.1) is 3.80 Å². The fourth-order valence-corrected chi connectivity index (χ4v) is 4.38. The number of fused-ring (bicyclic) bond motifs is 1. The van der Waals surface area contributed by atoms with Gasteiger partial charge in [0, 0.05) is 51.8 Å². The zero-order valence-corrected chi connectivity index (χ0v) is 18.9. The molecular weight excluding hydrogens is 671 g/mol. The topological polar surface area (TPSA) is 13.1 Å². The second kappa shape index (κ2) is 8.59. The minimum Gasteiger partial charge on any atom is -0.185 e. The van der Waals surface area contributed by atoms with Gasteiger partial charge in [-0.3, -0.25) is 0 Å². The number of aryl methyl sites for hydroxylation is 2. The molecule has 21 heavy (non-hydrogen) atoms. The summed E-state index contributed by atoms with van der Waals surface area (Å²) in [4.78, 5) is 0. The number of hydrogen-bond acceptors (Lipinski definition) is 1. The predicted molar refractivity (Wildman–Crippen MR) is 102 cm³/mol. The Hall–Kier alpha value is 0.798. The molecule has 0 amide bonds. The van der Waals surface area contributed by atoms with E-state index in [0.29, 0.717) is 0 Å². The number of imidazole rings is 1. The molecule has 0 saturated heterocycles. The van der Waals surface area contributed by atoms with Crippen LogP contribution in [-0.2, 0) is 33.4 Å². The summed E-state index contributed by atoms with van der Waals surface area (Å²) in [6, 6.07) is 9.27. The van der Waals surface area contributed by atoms with Crippen LogP contribution in [0.15, 0.2) is 24.3 Å². The molecule has 0 N–H and O–H groups in total. The van der Waals surface area contributed by atoms with Crippen LogP contribution in [0.25, 0.3) is 11.0 Å². The van der Waals surface area contributed by atoms with Crippen LogP contribution in [0.2, 0.25) is 0 Å². The summed E-state index contributed by atoms with van der Waals surface area (Å²) in [6.45, 7) is 0. The molecule has 0 radical (unpaired) electrons. The van der Waals surface area contributed by atoms with Gasteiger partial charge in [-0.15, -0.1) is 0 Å². The second-order valence-electron chi connectivity index (χ2n) is 5.40. The molecule has 0 spiro atoms. The average Bonchev–Trinajstić information content (AvgIpc) is 2.74. The van der Waals surface area contributed by atoms with Crippen LogP contribution in [0.1, 0.15) is 32.1 Å². The molecule has 1 aromatic heterocycles. The van der Waals surface area contributed by atoms with Crippen LogP contribution in [0.5, 0.6) is 0 Å². The molecule has 0 bridgehead atoms. The van der Waals surface area contributed by atoms with Gasteiger partial charge in [0.15, 0.2) is 0 Å². The number of nitrogens with zero attached hydrogens (tertiary/aromatic N) is 3. The van der Waals surface area contributed by atoms with Gasteiger partial charge in [0.05, 0.1) is 0 Å². The molecule has 2 aromatic rings. The maximum absolute atomic E-state index is 2.38. The Kier molecular flexibility index (Phi) is 7.42. The van der Waals surface area contributed by atoms with E-state index in [9.17, 15) is 0 Å². The van der Waals surface area contributed by atoms with E-state index in [2.05, 4.69) is 114 Å². The van der Waals surface area contributed by atoms with Crippen molar-refractivity contribution < 1.29 is 19.4 Å². The number of halogens is 2. The van der Waals surface area contributed by atoms with Crippen molar-refractivity contribution in [3.63, 3.8) is 0 Å². The van der Waals surface area contributed by atoms with Gasteiger partial charge in [-0.05, 0) is 12.8 Å². The molecule has 0 unspecified atom stereocenters. The normalized spacial score (nSPS) is 16.1. The third-order valence-corrected chi connectivity index (χ3v) is 7.07. The zero-order chi connectivity index (χ0) is 15.4. The van der Waals surface area contributed by atoms with Gasteiger partial charge in [-0.2, -0.15) is 1.33 Å². The van der Waals surface area contributed by atoms with Crippen molar-refractivity contribution in [1.82, 2.24) is 10.5 Å². The minimum atomic E-state index is 0.861. The van der Waals surface area contributed by atoms with Crippen molar-refractivity contribution in [1.29, 1.82) is 0 Å². The summed E-state index contributed by atoms with van der Waals surface area (Å²) in [5, 5.41) is 0. The van der Waals surface area contributed by atoms with Crippen LogP contribution < -0.4 is 0 Å².